The molecule has 24 heavy (non-hydrogen) atoms. The molecule has 2 aromatic carbocycles. The summed E-state index contributed by atoms with van der Waals surface area (Å²) in [5, 5.41) is 6.66. The number of amides is 1. The first kappa shape index (κ1) is 16.1. The standard InChI is InChI=1S/C17H11BrFN3O2/c18-11-1-5-13(6-2-11)20-17(24)16-15(23)9-10-22(21-16)14-7-3-12(19)4-8-14/h1-10H,(H,20,24). The van der Waals surface area contributed by atoms with Crippen LogP contribution in [-0.4, -0.2) is 15.7 Å². The summed E-state index contributed by atoms with van der Waals surface area (Å²) >= 11 is 3.30. The summed E-state index contributed by atoms with van der Waals surface area (Å²) in [6.07, 6.45) is 1.42. The van der Waals surface area contributed by atoms with Crippen LogP contribution in [0.4, 0.5) is 10.1 Å². The molecule has 3 aromatic rings. The fraction of sp³-hybridized carbons (Fsp3) is 0. The molecule has 0 radical (unpaired) electrons. The molecule has 1 aromatic heterocycles. The molecule has 0 saturated carbocycles. The minimum atomic E-state index is -0.612. The van der Waals surface area contributed by atoms with Crippen molar-refractivity contribution in [2.24, 2.45) is 0 Å². The van der Waals surface area contributed by atoms with Gasteiger partial charge in [0, 0.05) is 22.4 Å². The van der Waals surface area contributed by atoms with Gasteiger partial charge in [0.25, 0.3) is 5.91 Å². The van der Waals surface area contributed by atoms with E-state index in [4.69, 9.17) is 0 Å². The van der Waals surface area contributed by atoms with Gasteiger partial charge in [-0.3, -0.25) is 9.59 Å². The largest absolute Gasteiger partial charge is 0.320 e. The quantitative estimate of drug-likeness (QED) is 0.748. The smallest absolute Gasteiger partial charge is 0.280 e. The highest BCUT2D eigenvalue weighted by Gasteiger charge is 2.13. The molecular weight excluding hydrogens is 377 g/mol. The number of hydrogen-bond donors (Lipinski definition) is 1. The Hall–Kier alpha value is -2.80. The van der Waals surface area contributed by atoms with Gasteiger partial charge in [-0.05, 0) is 48.5 Å². The van der Waals surface area contributed by atoms with E-state index in [9.17, 15) is 14.0 Å². The maximum absolute atomic E-state index is 13.0. The molecule has 0 atom stereocenters. The van der Waals surface area contributed by atoms with Crippen LogP contribution in [0.3, 0.4) is 0 Å². The minimum Gasteiger partial charge on any atom is -0.320 e. The van der Waals surface area contributed by atoms with Gasteiger partial charge in [-0.1, -0.05) is 15.9 Å². The monoisotopic (exact) mass is 387 g/mol. The Labute approximate surface area is 144 Å². The number of nitrogens with zero attached hydrogens (tertiary/aromatic N) is 2. The average molecular weight is 388 g/mol. The number of halogens is 2. The van der Waals surface area contributed by atoms with Crippen molar-refractivity contribution in [2.45, 2.75) is 0 Å². The lowest BCUT2D eigenvalue weighted by molar-refractivity contribution is 0.101. The van der Waals surface area contributed by atoms with Crippen LogP contribution >= 0.6 is 15.9 Å². The molecule has 0 aliphatic heterocycles. The summed E-state index contributed by atoms with van der Waals surface area (Å²) in [5.74, 6) is -0.994. The normalized spacial score (nSPS) is 10.4. The third kappa shape index (κ3) is 3.57. The zero-order valence-corrected chi connectivity index (χ0v) is 13.8. The zero-order valence-electron chi connectivity index (χ0n) is 12.2. The van der Waals surface area contributed by atoms with Gasteiger partial charge in [-0.15, -0.1) is 0 Å². The number of hydrogen-bond acceptors (Lipinski definition) is 3. The Morgan fingerprint density at radius 1 is 1.04 bits per heavy atom. The Kier molecular flexibility index (Phi) is 4.52. The zero-order chi connectivity index (χ0) is 17.1. The predicted molar refractivity (Wildman–Crippen MR) is 91.9 cm³/mol. The highest BCUT2D eigenvalue weighted by Crippen LogP contribution is 2.14. The van der Waals surface area contributed by atoms with Gasteiger partial charge in [0.05, 0.1) is 5.69 Å². The van der Waals surface area contributed by atoms with Crippen LogP contribution in [0.5, 0.6) is 0 Å². The van der Waals surface area contributed by atoms with E-state index >= 15 is 0 Å². The van der Waals surface area contributed by atoms with Crippen LogP contribution in [0.15, 0.2) is 70.1 Å². The summed E-state index contributed by atoms with van der Waals surface area (Å²) in [7, 11) is 0. The van der Waals surface area contributed by atoms with E-state index < -0.39 is 11.3 Å². The van der Waals surface area contributed by atoms with Crippen LogP contribution in [0, 0.1) is 5.82 Å². The van der Waals surface area contributed by atoms with Crippen molar-refractivity contribution in [2.75, 3.05) is 5.32 Å². The molecule has 1 amide bonds. The SMILES string of the molecule is O=C(Nc1ccc(Br)cc1)c1nn(-c2ccc(F)cc2)ccc1=O. The van der Waals surface area contributed by atoms with Crippen molar-refractivity contribution < 1.29 is 9.18 Å². The van der Waals surface area contributed by atoms with Crippen molar-refractivity contribution in [1.82, 2.24) is 9.78 Å². The van der Waals surface area contributed by atoms with Crippen LogP contribution in [0.25, 0.3) is 5.69 Å². The van der Waals surface area contributed by atoms with Crippen LogP contribution < -0.4 is 10.7 Å². The third-order valence-corrected chi connectivity index (χ3v) is 3.75. The van der Waals surface area contributed by atoms with Crippen molar-refractivity contribution in [3.63, 3.8) is 0 Å². The van der Waals surface area contributed by atoms with Gasteiger partial charge < -0.3 is 5.32 Å². The fourth-order valence-corrected chi connectivity index (χ4v) is 2.29. The molecule has 5 nitrogen and oxygen atoms in total. The predicted octanol–water partition coefficient (Wildman–Crippen LogP) is 3.39. The van der Waals surface area contributed by atoms with Gasteiger partial charge in [0.1, 0.15) is 5.82 Å². The molecule has 0 aliphatic carbocycles. The van der Waals surface area contributed by atoms with Gasteiger partial charge in [0.2, 0.25) is 5.43 Å². The Morgan fingerprint density at radius 2 is 1.71 bits per heavy atom. The maximum atomic E-state index is 13.0. The van der Waals surface area contributed by atoms with E-state index in [1.165, 1.54) is 41.2 Å². The lowest BCUT2D eigenvalue weighted by Gasteiger charge is -2.08. The summed E-state index contributed by atoms with van der Waals surface area (Å²) < 4.78 is 15.2. The van der Waals surface area contributed by atoms with E-state index in [2.05, 4.69) is 26.3 Å². The highest BCUT2D eigenvalue weighted by molar-refractivity contribution is 9.10. The topological polar surface area (TPSA) is 64.0 Å². The van der Waals surface area contributed by atoms with Crippen LogP contribution in [0.1, 0.15) is 10.5 Å². The molecular formula is C17H11BrFN3O2. The number of benzene rings is 2. The number of nitrogens with one attached hydrogen (secondary N) is 1. The summed E-state index contributed by atoms with van der Waals surface area (Å²) in [4.78, 5) is 24.2. The van der Waals surface area contributed by atoms with Crippen molar-refractivity contribution in [3.8, 4) is 5.69 Å². The Balaban J connectivity index is 1.91. The molecule has 0 aliphatic rings. The van der Waals surface area contributed by atoms with Crippen LogP contribution in [-0.2, 0) is 0 Å². The van der Waals surface area contributed by atoms with E-state index in [0.717, 1.165) is 4.47 Å². The molecule has 7 heteroatoms. The molecule has 120 valence electrons. The number of rotatable bonds is 3. The van der Waals surface area contributed by atoms with E-state index in [0.29, 0.717) is 11.4 Å². The van der Waals surface area contributed by atoms with Gasteiger partial charge in [-0.25, -0.2) is 9.07 Å². The average Bonchev–Trinajstić information content (AvgIpc) is 2.58. The first-order valence-corrected chi connectivity index (χ1v) is 7.75. The number of anilines is 1. The molecule has 1 N–H and O–H groups in total. The second-order valence-electron chi connectivity index (χ2n) is 4.91. The molecule has 1 heterocycles. The molecule has 3 rings (SSSR count). The number of carbonyl (C=O) groups is 1. The molecule has 0 saturated heterocycles. The van der Waals surface area contributed by atoms with Gasteiger partial charge in [0.15, 0.2) is 5.69 Å². The van der Waals surface area contributed by atoms with E-state index in [1.807, 2.05) is 0 Å². The minimum absolute atomic E-state index is 0.246. The summed E-state index contributed by atoms with van der Waals surface area (Å²) in [6, 6.07) is 13.7. The maximum Gasteiger partial charge on any atom is 0.280 e. The summed E-state index contributed by atoms with van der Waals surface area (Å²) in [5.41, 5.74) is 0.336. The first-order chi connectivity index (χ1) is 11.5. The van der Waals surface area contributed by atoms with Crippen LogP contribution in [0.2, 0.25) is 0 Å². The van der Waals surface area contributed by atoms with Crippen molar-refractivity contribution >= 4 is 27.5 Å². The lowest BCUT2D eigenvalue weighted by Crippen LogP contribution is -2.25. The van der Waals surface area contributed by atoms with Crippen molar-refractivity contribution in [1.29, 1.82) is 0 Å². The molecule has 0 fully saturated rings. The van der Waals surface area contributed by atoms with Gasteiger partial charge in [-0.2, -0.15) is 5.10 Å². The second kappa shape index (κ2) is 6.76. The molecule has 0 spiro atoms. The number of carbonyl (C=O) groups excluding carboxylic acids is 1. The summed E-state index contributed by atoms with van der Waals surface area (Å²) in [6.45, 7) is 0. The van der Waals surface area contributed by atoms with Crippen molar-refractivity contribution in [3.05, 3.63) is 87.0 Å². The van der Waals surface area contributed by atoms with E-state index in [1.54, 1.807) is 24.3 Å². The van der Waals surface area contributed by atoms with E-state index in [-0.39, 0.29) is 11.5 Å². The number of aromatic nitrogens is 2. The highest BCUT2D eigenvalue weighted by atomic mass is 79.9. The third-order valence-electron chi connectivity index (χ3n) is 3.22. The Bertz CT molecular complexity index is 937. The molecule has 0 bridgehead atoms. The lowest BCUT2D eigenvalue weighted by atomic mass is 10.3. The molecule has 0 unspecified atom stereocenters. The first-order valence-electron chi connectivity index (χ1n) is 6.96. The Morgan fingerprint density at radius 3 is 2.38 bits per heavy atom. The second-order valence-corrected chi connectivity index (χ2v) is 5.83. The van der Waals surface area contributed by atoms with Gasteiger partial charge >= 0.3 is 0 Å². The fourth-order valence-electron chi connectivity index (χ4n) is 2.03.